The Labute approximate surface area is 110 Å². The largest absolute Gasteiger partial charge is 0.345 e. The number of Topliss-reactive ketones (excluding diaryl/α,β-unsaturated/α-hetero) is 1. The quantitative estimate of drug-likeness (QED) is 0.792. The molecule has 0 aromatic heterocycles. The van der Waals surface area contributed by atoms with Crippen LogP contribution < -0.4 is 5.73 Å². The molecule has 0 spiro atoms. The SMILES string of the molecule is CN(C)C(=O)C1=[C]SC2N=C(C(=O)CN)CCC12. The van der Waals surface area contributed by atoms with Crippen LogP contribution in [0.1, 0.15) is 12.8 Å². The van der Waals surface area contributed by atoms with E-state index in [0.717, 1.165) is 6.42 Å². The van der Waals surface area contributed by atoms with Crippen LogP contribution >= 0.6 is 11.8 Å². The molecular weight excluding hydrogens is 250 g/mol. The first kappa shape index (κ1) is 13.3. The summed E-state index contributed by atoms with van der Waals surface area (Å²) in [5.74, 6) is -0.0283. The van der Waals surface area contributed by atoms with Crippen molar-refractivity contribution in [3.63, 3.8) is 0 Å². The smallest absolute Gasteiger partial charge is 0.250 e. The molecular formula is C12H16N3O2S. The van der Waals surface area contributed by atoms with Crippen molar-refractivity contribution in [2.45, 2.75) is 18.2 Å². The summed E-state index contributed by atoms with van der Waals surface area (Å²) in [6, 6.07) is 0. The number of fused-ring (bicyclic) bond motifs is 1. The number of thioether (sulfide) groups is 1. The molecule has 1 radical (unpaired) electrons. The first-order valence-corrected chi connectivity index (χ1v) is 6.72. The van der Waals surface area contributed by atoms with E-state index in [0.29, 0.717) is 17.7 Å². The Morgan fingerprint density at radius 2 is 2.28 bits per heavy atom. The molecule has 2 rings (SSSR count). The molecule has 2 aliphatic rings. The number of nitrogens with two attached hydrogens (primary N) is 1. The number of rotatable bonds is 3. The average Bonchev–Trinajstić information content (AvgIpc) is 2.79. The molecule has 0 aromatic rings. The highest BCUT2D eigenvalue weighted by Gasteiger charge is 2.38. The average molecular weight is 266 g/mol. The number of ketones is 1. The van der Waals surface area contributed by atoms with Gasteiger partial charge in [-0.25, -0.2) is 0 Å². The molecule has 1 amide bonds. The van der Waals surface area contributed by atoms with Crippen LogP contribution in [0.5, 0.6) is 0 Å². The maximum Gasteiger partial charge on any atom is 0.250 e. The van der Waals surface area contributed by atoms with Gasteiger partial charge in [0.1, 0.15) is 5.37 Å². The summed E-state index contributed by atoms with van der Waals surface area (Å²) in [5.41, 5.74) is 6.59. The van der Waals surface area contributed by atoms with Gasteiger partial charge in [0.25, 0.3) is 5.91 Å². The van der Waals surface area contributed by atoms with Crippen LogP contribution in [0.15, 0.2) is 10.6 Å². The second-order valence-corrected chi connectivity index (χ2v) is 5.49. The third-order valence-electron chi connectivity index (χ3n) is 3.12. The van der Waals surface area contributed by atoms with E-state index in [4.69, 9.17) is 5.73 Å². The minimum atomic E-state index is -0.0959. The predicted molar refractivity (Wildman–Crippen MR) is 71.0 cm³/mol. The van der Waals surface area contributed by atoms with Gasteiger partial charge in [0.05, 0.1) is 12.3 Å². The maximum absolute atomic E-state index is 11.9. The number of aliphatic imine (C=N–C) groups is 1. The molecule has 6 heteroatoms. The standard InChI is InChI=1S/C12H16N3O2S/c1-15(2)12(17)8-6-18-11-7(8)3-4-9(14-11)10(16)5-13/h7,11H,3-5,13H2,1-2H3. The molecule has 0 aromatic carbocycles. The molecule has 2 N–H and O–H groups in total. The van der Waals surface area contributed by atoms with Gasteiger partial charge in [-0.15, -0.1) is 0 Å². The van der Waals surface area contributed by atoms with Crippen molar-refractivity contribution in [2.24, 2.45) is 16.6 Å². The van der Waals surface area contributed by atoms with Crippen LogP contribution in [0, 0.1) is 11.3 Å². The second-order valence-electron chi connectivity index (χ2n) is 4.57. The maximum atomic E-state index is 11.9. The minimum Gasteiger partial charge on any atom is -0.345 e. The van der Waals surface area contributed by atoms with Crippen LogP contribution in [-0.2, 0) is 9.59 Å². The molecule has 5 nitrogen and oxygen atoms in total. The van der Waals surface area contributed by atoms with E-state index in [1.54, 1.807) is 19.0 Å². The van der Waals surface area contributed by atoms with E-state index < -0.39 is 0 Å². The summed E-state index contributed by atoms with van der Waals surface area (Å²) in [4.78, 5) is 29.4. The van der Waals surface area contributed by atoms with Crippen molar-refractivity contribution in [2.75, 3.05) is 20.6 Å². The molecule has 2 unspecified atom stereocenters. The number of nitrogens with zero attached hydrogens (tertiary/aromatic N) is 2. The van der Waals surface area contributed by atoms with E-state index in [9.17, 15) is 9.59 Å². The number of carbonyl (C=O) groups is 2. The summed E-state index contributed by atoms with van der Waals surface area (Å²) in [6.45, 7) is 0.00150. The van der Waals surface area contributed by atoms with Crippen molar-refractivity contribution in [3.8, 4) is 0 Å². The summed E-state index contributed by atoms with van der Waals surface area (Å²) in [6.07, 6.45) is 1.37. The summed E-state index contributed by atoms with van der Waals surface area (Å²) < 4.78 is 0. The Morgan fingerprint density at radius 1 is 1.56 bits per heavy atom. The first-order valence-electron chi connectivity index (χ1n) is 5.84. The Morgan fingerprint density at radius 3 is 2.89 bits per heavy atom. The zero-order valence-electron chi connectivity index (χ0n) is 10.5. The van der Waals surface area contributed by atoms with Crippen LogP contribution in [0.4, 0.5) is 0 Å². The fourth-order valence-corrected chi connectivity index (χ4v) is 3.21. The summed E-state index contributed by atoms with van der Waals surface area (Å²) in [7, 11) is 3.45. The molecule has 2 atom stereocenters. The van der Waals surface area contributed by atoms with Crippen LogP contribution in [0.3, 0.4) is 0 Å². The number of hydrogen-bond acceptors (Lipinski definition) is 5. The van der Waals surface area contributed by atoms with Gasteiger partial charge in [-0.05, 0) is 12.8 Å². The lowest BCUT2D eigenvalue weighted by molar-refractivity contribution is -0.125. The number of likely N-dealkylation sites (N-methyl/N-ethyl adjacent to an activating group) is 1. The molecule has 0 bridgehead atoms. The zero-order chi connectivity index (χ0) is 13.3. The van der Waals surface area contributed by atoms with Crippen LogP contribution in [0.2, 0.25) is 0 Å². The Bertz CT molecular complexity index is 443. The molecule has 18 heavy (non-hydrogen) atoms. The Balaban J connectivity index is 2.13. The molecule has 0 saturated carbocycles. The van der Waals surface area contributed by atoms with Crippen molar-refractivity contribution in [1.29, 1.82) is 0 Å². The van der Waals surface area contributed by atoms with E-state index in [1.807, 2.05) is 0 Å². The fraction of sp³-hybridized carbons (Fsp3) is 0.583. The van der Waals surface area contributed by atoms with E-state index in [2.05, 4.69) is 10.4 Å². The zero-order valence-corrected chi connectivity index (χ0v) is 11.3. The summed E-state index contributed by atoms with van der Waals surface area (Å²) >= 11 is 1.40. The van der Waals surface area contributed by atoms with Crippen molar-refractivity contribution in [3.05, 3.63) is 11.0 Å². The van der Waals surface area contributed by atoms with E-state index in [1.165, 1.54) is 11.8 Å². The Hall–Kier alpha value is -1.14. The van der Waals surface area contributed by atoms with Crippen molar-refractivity contribution in [1.82, 2.24) is 4.90 Å². The highest BCUT2D eigenvalue weighted by atomic mass is 32.2. The van der Waals surface area contributed by atoms with Crippen molar-refractivity contribution < 1.29 is 9.59 Å². The molecule has 2 heterocycles. The van der Waals surface area contributed by atoms with Gasteiger partial charge in [0.15, 0.2) is 5.78 Å². The van der Waals surface area contributed by atoms with Gasteiger partial charge >= 0.3 is 0 Å². The fourth-order valence-electron chi connectivity index (χ4n) is 2.11. The van der Waals surface area contributed by atoms with Gasteiger partial charge in [0, 0.05) is 31.0 Å². The third-order valence-corrected chi connectivity index (χ3v) is 4.14. The molecule has 0 aliphatic carbocycles. The topological polar surface area (TPSA) is 75.8 Å². The van der Waals surface area contributed by atoms with Gasteiger partial charge in [0.2, 0.25) is 0 Å². The second kappa shape index (κ2) is 5.24. The monoisotopic (exact) mass is 266 g/mol. The van der Waals surface area contributed by atoms with Gasteiger partial charge in [-0.2, -0.15) is 0 Å². The van der Waals surface area contributed by atoms with Crippen molar-refractivity contribution >= 4 is 29.2 Å². The predicted octanol–water partition coefficient (Wildman–Crippen LogP) is 0.213. The molecule has 0 fully saturated rings. The Kier molecular flexibility index (Phi) is 3.87. The van der Waals surface area contributed by atoms with E-state index in [-0.39, 0.29) is 29.5 Å². The molecule has 0 saturated heterocycles. The molecule has 97 valence electrons. The van der Waals surface area contributed by atoms with Crippen LogP contribution in [-0.4, -0.2) is 48.3 Å². The number of carbonyl (C=O) groups excluding carboxylic acids is 2. The lowest BCUT2D eigenvalue weighted by Crippen LogP contribution is -2.33. The lowest BCUT2D eigenvalue weighted by atomic mass is 9.89. The first-order chi connectivity index (χ1) is 8.54. The highest BCUT2D eigenvalue weighted by molar-refractivity contribution is 8.01. The normalized spacial score (nSPS) is 26.2. The van der Waals surface area contributed by atoms with E-state index >= 15 is 0 Å². The number of amides is 1. The molecule has 2 aliphatic heterocycles. The van der Waals surface area contributed by atoms with Gasteiger partial charge in [-0.1, -0.05) is 11.8 Å². The lowest BCUT2D eigenvalue weighted by Gasteiger charge is -2.25. The third kappa shape index (κ3) is 2.35. The van der Waals surface area contributed by atoms with Crippen LogP contribution in [0.25, 0.3) is 0 Å². The highest BCUT2D eigenvalue weighted by Crippen LogP contribution is 2.41. The minimum absolute atomic E-state index is 0.00150. The number of hydrogen-bond donors (Lipinski definition) is 1. The summed E-state index contributed by atoms with van der Waals surface area (Å²) in [5, 5.41) is 2.97. The van der Waals surface area contributed by atoms with Gasteiger partial charge in [-0.3, -0.25) is 14.6 Å². The van der Waals surface area contributed by atoms with Gasteiger partial charge < -0.3 is 10.6 Å².